The van der Waals surface area contributed by atoms with Crippen LogP contribution in [-0.2, 0) is 14.8 Å². The van der Waals surface area contributed by atoms with Crippen molar-refractivity contribution in [3.8, 4) is 0 Å². The highest BCUT2D eigenvalue weighted by molar-refractivity contribution is 7.89. The molecule has 7 nitrogen and oxygen atoms in total. The molecule has 0 bridgehead atoms. The SMILES string of the molecule is CCNc1ccc(S(=O)(=O)N(C)C)cc1NC(=O)CCC1CCNC1. The first-order chi connectivity index (χ1) is 11.8. The van der Waals surface area contributed by atoms with E-state index < -0.39 is 10.0 Å². The number of nitrogens with one attached hydrogen (secondary N) is 3. The minimum atomic E-state index is -3.55. The van der Waals surface area contributed by atoms with Gasteiger partial charge in [0.15, 0.2) is 0 Å². The minimum Gasteiger partial charge on any atom is -0.384 e. The molecule has 2 rings (SSSR count). The molecule has 3 N–H and O–H groups in total. The Bertz CT molecular complexity index is 698. The molecule has 1 saturated heterocycles. The standard InChI is InChI=1S/C17H28N4O3S/c1-4-19-15-7-6-14(25(23,24)21(2)3)11-16(15)20-17(22)8-5-13-9-10-18-12-13/h6-7,11,13,18-19H,4-5,8-10,12H2,1-3H3,(H,20,22). The molecule has 0 aliphatic carbocycles. The van der Waals surface area contributed by atoms with Gasteiger partial charge in [0.2, 0.25) is 15.9 Å². The van der Waals surface area contributed by atoms with Crippen molar-refractivity contribution in [2.24, 2.45) is 5.92 Å². The van der Waals surface area contributed by atoms with E-state index in [2.05, 4.69) is 16.0 Å². The molecule has 0 aromatic heterocycles. The molecule has 0 saturated carbocycles. The summed E-state index contributed by atoms with van der Waals surface area (Å²) in [4.78, 5) is 12.5. The fourth-order valence-electron chi connectivity index (χ4n) is 2.85. The average molecular weight is 369 g/mol. The second kappa shape index (κ2) is 8.64. The number of hydrogen-bond acceptors (Lipinski definition) is 5. The quantitative estimate of drug-likeness (QED) is 0.650. The first kappa shape index (κ1) is 19.7. The van der Waals surface area contributed by atoms with Crippen molar-refractivity contribution in [1.29, 1.82) is 0 Å². The van der Waals surface area contributed by atoms with Gasteiger partial charge in [-0.15, -0.1) is 0 Å². The molecule has 1 heterocycles. The number of hydrogen-bond donors (Lipinski definition) is 3. The molecule has 1 aromatic rings. The number of nitrogens with zero attached hydrogens (tertiary/aromatic N) is 1. The van der Waals surface area contributed by atoms with Gasteiger partial charge in [-0.25, -0.2) is 12.7 Å². The summed E-state index contributed by atoms with van der Waals surface area (Å²) in [6.07, 6.45) is 2.38. The van der Waals surface area contributed by atoms with E-state index in [1.165, 1.54) is 20.2 Å². The highest BCUT2D eigenvalue weighted by atomic mass is 32.2. The molecule has 1 atom stereocenters. The van der Waals surface area contributed by atoms with E-state index >= 15 is 0 Å². The summed E-state index contributed by atoms with van der Waals surface area (Å²) in [6, 6.07) is 4.76. The molecule has 1 aliphatic heterocycles. The van der Waals surface area contributed by atoms with Gasteiger partial charge in [0.05, 0.1) is 16.3 Å². The number of sulfonamides is 1. The lowest BCUT2D eigenvalue weighted by molar-refractivity contribution is -0.116. The molecule has 8 heteroatoms. The Morgan fingerprint density at radius 2 is 2.08 bits per heavy atom. The number of carbonyl (C=O) groups is 1. The fraction of sp³-hybridized carbons (Fsp3) is 0.588. The van der Waals surface area contributed by atoms with Crippen molar-refractivity contribution in [2.45, 2.75) is 31.1 Å². The lowest BCUT2D eigenvalue weighted by atomic mass is 10.0. The Morgan fingerprint density at radius 3 is 2.68 bits per heavy atom. The molecular formula is C17H28N4O3S. The summed E-state index contributed by atoms with van der Waals surface area (Å²) in [5, 5.41) is 9.31. The fourth-order valence-corrected chi connectivity index (χ4v) is 3.78. The molecule has 1 unspecified atom stereocenters. The van der Waals surface area contributed by atoms with Crippen LogP contribution in [0.1, 0.15) is 26.2 Å². The van der Waals surface area contributed by atoms with Gasteiger partial charge in [-0.3, -0.25) is 4.79 Å². The smallest absolute Gasteiger partial charge is 0.242 e. The molecule has 1 fully saturated rings. The van der Waals surface area contributed by atoms with Crippen molar-refractivity contribution in [2.75, 3.05) is 44.4 Å². The van der Waals surface area contributed by atoms with Crippen LogP contribution >= 0.6 is 0 Å². The first-order valence-electron chi connectivity index (χ1n) is 8.65. The molecule has 25 heavy (non-hydrogen) atoms. The van der Waals surface area contributed by atoms with Crippen LogP contribution in [0.3, 0.4) is 0 Å². The number of rotatable bonds is 8. The van der Waals surface area contributed by atoms with Crippen LogP contribution in [0.25, 0.3) is 0 Å². The molecular weight excluding hydrogens is 340 g/mol. The average Bonchev–Trinajstić information content (AvgIpc) is 3.08. The topological polar surface area (TPSA) is 90.5 Å². The van der Waals surface area contributed by atoms with Gasteiger partial charge in [-0.05, 0) is 57.0 Å². The van der Waals surface area contributed by atoms with E-state index in [0.29, 0.717) is 24.6 Å². The third-order valence-corrected chi connectivity index (χ3v) is 6.16. The Morgan fingerprint density at radius 1 is 1.32 bits per heavy atom. The van der Waals surface area contributed by atoms with E-state index in [-0.39, 0.29) is 10.8 Å². The Kier molecular flexibility index (Phi) is 6.80. The van der Waals surface area contributed by atoms with Crippen LogP contribution in [0.4, 0.5) is 11.4 Å². The lowest BCUT2D eigenvalue weighted by Crippen LogP contribution is -2.23. The number of carbonyl (C=O) groups excluding carboxylic acids is 1. The van der Waals surface area contributed by atoms with Crippen molar-refractivity contribution >= 4 is 27.3 Å². The van der Waals surface area contributed by atoms with Crippen LogP contribution in [0.2, 0.25) is 0 Å². The number of amides is 1. The van der Waals surface area contributed by atoms with Crippen LogP contribution in [-0.4, -0.2) is 52.4 Å². The maximum atomic E-state index is 12.3. The third-order valence-electron chi connectivity index (χ3n) is 4.35. The van der Waals surface area contributed by atoms with Gasteiger partial charge in [0, 0.05) is 27.1 Å². The van der Waals surface area contributed by atoms with E-state index in [1.807, 2.05) is 6.92 Å². The van der Waals surface area contributed by atoms with Crippen molar-refractivity contribution in [1.82, 2.24) is 9.62 Å². The zero-order valence-electron chi connectivity index (χ0n) is 15.1. The number of anilines is 2. The zero-order valence-corrected chi connectivity index (χ0v) is 15.9. The molecule has 1 aliphatic rings. The van der Waals surface area contributed by atoms with Crippen LogP contribution in [0.15, 0.2) is 23.1 Å². The van der Waals surface area contributed by atoms with Crippen molar-refractivity contribution in [3.63, 3.8) is 0 Å². The van der Waals surface area contributed by atoms with Gasteiger partial charge in [-0.2, -0.15) is 0 Å². The van der Waals surface area contributed by atoms with E-state index in [1.54, 1.807) is 12.1 Å². The maximum Gasteiger partial charge on any atom is 0.242 e. The van der Waals surface area contributed by atoms with E-state index in [9.17, 15) is 13.2 Å². The highest BCUT2D eigenvalue weighted by Crippen LogP contribution is 2.27. The summed E-state index contributed by atoms with van der Waals surface area (Å²) in [6.45, 7) is 4.60. The predicted molar refractivity (Wildman–Crippen MR) is 100 cm³/mol. The van der Waals surface area contributed by atoms with Gasteiger partial charge >= 0.3 is 0 Å². The zero-order chi connectivity index (χ0) is 18.4. The minimum absolute atomic E-state index is 0.0922. The van der Waals surface area contributed by atoms with Crippen LogP contribution < -0.4 is 16.0 Å². The molecule has 0 radical (unpaired) electrons. The summed E-state index contributed by atoms with van der Waals surface area (Å²) in [5.41, 5.74) is 1.22. The number of benzene rings is 1. The monoisotopic (exact) mass is 368 g/mol. The van der Waals surface area contributed by atoms with Gasteiger partial charge in [-0.1, -0.05) is 0 Å². The Labute approximate surface area is 150 Å². The van der Waals surface area contributed by atoms with E-state index in [0.717, 1.165) is 35.9 Å². The first-order valence-corrected chi connectivity index (χ1v) is 10.1. The third kappa shape index (κ3) is 5.17. The Balaban J connectivity index is 2.13. The summed E-state index contributed by atoms with van der Waals surface area (Å²) >= 11 is 0. The summed E-state index contributed by atoms with van der Waals surface area (Å²) in [5.74, 6) is 0.449. The largest absolute Gasteiger partial charge is 0.384 e. The lowest BCUT2D eigenvalue weighted by Gasteiger charge is -2.16. The second-order valence-electron chi connectivity index (χ2n) is 6.47. The van der Waals surface area contributed by atoms with Crippen LogP contribution in [0, 0.1) is 5.92 Å². The van der Waals surface area contributed by atoms with E-state index in [4.69, 9.17) is 0 Å². The van der Waals surface area contributed by atoms with Gasteiger partial charge in [0.1, 0.15) is 0 Å². The van der Waals surface area contributed by atoms with Crippen molar-refractivity contribution < 1.29 is 13.2 Å². The molecule has 1 amide bonds. The molecule has 1 aromatic carbocycles. The van der Waals surface area contributed by atoms with Crippen molar-refractivity contribution in [3.05, 3.63) is 18.2 Å². The Hall–Kier alpha value is -1.64. The van der Waals surface area contributed by atoms with Gasteiger partial charge < -0.3 is 16.0 Å². The molecule has 0 spiro atoms. The van der Waals surface area contributed by atoms with Crippen LogP contribution in [0.5, 0.6) is 0 Å². The van der Waals surface area contributed by atoms with Gasteiger partial charge in [0.25, 0.3) is 0 Å². The highest BCUT2D eigenvalue weighted by Gasteiger charge is 2.20. The summed E-state index contributed by atoms with van der Waals surface area (Å²) < 4.78 is 25.8. The maximum absolute atomic E-state index is 12.3. The second-order valence-corrected chi connectivity index (χ2v) is 8.62. The molecule has 140 valence electrons. The summed E-state index contributed by atoms with van der Waals surface area (Å²) in [7, 11) is -0.571. The normalized spacial score (nSPS) is 17.7. The predicted octanol–water partition coefficient (Wildman–Crippen LogP) is 1.70.